The highest BCUT2D eigenvalue weighted by molar-refractivity contribution is 7.07. The van der Waals surface area contributed by atoms with Crippen molar-refractivity contribution in [2.75, 3.05) is 11.1 Å². The summed E-state index contributed by atoms with van der Waals surface area (Å²) in [6, 6.07) is 5.61. The Morgan fingerprint density at radius 2 is 2.17 bits per heavy atom. The number of nitrogens with two attached hydrogens (primary N) is 1. The largest absolute Gasteiger partial charge is 0.399 e. The summed E-state index contributed by atoms with van der Waals surface area (Å²) >= 11 is 1.58. The number of hydrogen-bond acceptors (Lipinski definition) is 6. The molecule has 0 bridgehead atoms. The molecule has 0 saturated carbocycles. The van der Waals surface area contributed by atoms with Crippen molar-refractivity contribution in [3.63, 3.8) is 0 Å². The Hall–Kier alpha value is -2.21. The number of anilines is 2. The summed E-state index contributed by atoms with van der Waals surface area (Å²) in [6.45, 7) is 0.653. The van der Waals surface area contributed by atoms with Gasteiger partial charge in [0.15, 0.2) is 0 Å². The third-order valence-corrected chi connectivity index (χ3v) is 3.22. The molecular formula is C12H11N5S. The van der Waals surface area contributed by atoms with Crippen LogP contribution < -0.4 is 11.1 Å². The van der Waals surface area contributed by atoms with Gasteiger partial charge < -0.3 is 11.1 Å². The number of benzene rings is 1. The Bertz CT molecular complexity index is 665. The van der Waals surface area contributed by atoms with E-state index in [4.69, 9.17) is 5.73 Å². The molecule has 3 aromatic rings. The van der Waals surface area contributed by atoms with Gasteiger partial charge in [-0.1, -0.05) is 0 Å². The van der Waals surface area contributed by atoms with Crippen LogP contribution in [0.4, 0.5) is 11.5 Å². The van der Waals surface area contributed by atoms with Crippen LogP contribution in [0.15, 0.2) is 35.4 Å². The fourth-order valence-electron chi connectivity index (χ4n) is 1.71. The Kier molecular flexibility index (Phi) is 2.77. The summed E-state index contributed by atoms with van der Waals surface area (Å²) in [4.78, 5) is 12.7. The Balaban J connectivity index is 1.92. The summed E-state index contributed by atoms with van der Waals surface area (Å²) < 4.78 is 0. The van der Waals surface area contributed by atoms with E-state index in [0.717, 1.165) is 22.4 Å². The molecule has 0 fully saturated rings. The standard InChI is InChI=1S/C12H11N5S/c13-8-1-2-10-11(3-8)15-6-16-12(10)14-4-9-5-18-7-17-9/h1-3,5-7H,4,13H2,(H,14,15,16). The molecule has 3 N–H and O–H groups in total. The second kappa shape index (κ2) is 4.58. The van der Waals surface area contributed by atoms with Crippen LogP contribution in [0.3, 0.4) is 0 Å². The molecule has 0 aliphatic rings. The van der Waals surface area contributed by atoms with E-state index in [1.54, 1.807) is 11.3 Å². The van der Waals surface area contributed by atoms with Crippen molar-refractivity contribution in [1.82, 2.24) is 15.0 Å². The number of nitrogens with one attached hydrogen (secondary N) is 1. The van der Waals surface area contributed by atoms with Crippen molar-refractivity contribution in [3.05, 3.63) is 41.1 Å². The average molecular weight is 257 g/mol. The molecule has 0 aliphatic heterocycles. The molecule has 0 aliphatic carbocycles. The fraction of sp³-hybridized carbons (Fsp3) is 0.0833. The fourth-order valence-corrected chi connectivity index (χ4v) is 2.27. The predicted molar refractivity (Wildman–Crippen MR) is 73.4 cm³/mol. The molecule has 0 unspecified atom stereocenters. The minimum Gasteiger partial charge on any atom is -0.399 e. The first-order valence-electron chi connectivity index (χ1n) is 5.44. The number of hydrogen-bond donors (Lipinski definition) is 2. The molecule has 0 radical (unpaired) electrons. The molecule has 2 heterocycles. The summed E-state index contributed by atoms with van der Waals surface area (Å²) in [5, 5.41) is 6.23. The van der Waals surface area contributed by atoms with Crippen molar-refractivity contribution in [1.29, 1.82) is 0 Å². The highest BCUT2D eigenvalue weighted by Crippen LogP contribution is 2.21. The maximum absolute atomic E-state index is 5.74. The Labute approximate surface area is 108 Å². The molecule has 18 heavy (non-hydrogen) atoms. The third-order valence-electron chi connectivity index (χ3n) is 2.58. The van der Waals surface area contributed by atoms with Gasteiger partial charge in [-0.15, -0.1) is 11.3 Å². The van der Waals surface area contributed by atoms with E-state index in [1.807, 2.05) is 29.1 Å². The average Bonchev–Trinajstić information content (AvgIpc) is 2.89. The van der Waals surface area contributed by atoms with E-state index in [0.29, 0.717) is 12.2 Å². The molecule has 6 heteroatoms. The second-order valence-corrected chi connectivity index (χ2v) is 4.55. The molecule has 0 saturated heterocycles. The van der Waals surface area contributed by atoms with Gasteiger partial charge in [-0.25, -0.2) is 15.0 Å². The molecule has 90 valence electrons. The van der Waals surface area contributed by atoms with Gasteiger partial charge in [-0.3, -0.25) is 0 Å². The van der Waals surface area contributed by atoms with Gasteiger partial charge in [0.25, 0.3) is 0 Å². The zero-order valence-corrected chi connectivity index (χ0v) is 10.3. The zero-order chi connectivity index (χ0) is 12.4. The summed E-state index contributed by atoms with van der Waals surface area (Å²) in [7, 11) is 0. The molecule has 5 nitrogen and oxygen atoms in total. The normalized spacial score (nSPS) is 10.7. The first kappa shape index (κ1) is 10.9. The van der Waals surface area contributed by atoms with Crippen molar-refractivity contribution < 1.29 is 0 Å². The van der Waals surface area contributed by atoms with Crippen molar-refractivity contribution in [3.8, 4) is 0 Å². The van der Waals surface area contributed by atoms with Crippen molar-refractivity contribution in [2.45, 2.75) is 6.54 Å². The van der Waals surface area contributed by atoms with E-state index in [2.05, 4.69) is 20.3 Å². The van der Waals surface area contributed by atoms with Crippen LogP contribution in [0.5, 0.6) is 0 Å². The predicted octanol–water partition coefficient (Wildman–Crippen LogP) is 2.28. The number of aromatic nitrogens is 3. The molecule has 1 aromatic carbocycles. The number of thiazole rings is 1. The maximum atomic E-state index is 5.74. The van der Waals surface area contributed by atoms with Crippen molar-refractivity contribution >= 4 is 33.7 Å². The zero-order valence-electron chi connectivity index (χ0n) is 9.50. The number of rotatable bonds is 3. The topological polar surface area (TPSA) is 76.7 Å². The second-order valence-electron chi connectivity index (χ2n) is 3.83. The van der Waals surface area contributed by atoms with Gasteiger partial charge >= 0.3 is 0 Å². The molecule has 0 atom stereocenters. The SMILES string of the molecule is Nc1ccc2c(NCc3cscn3)ncnc2c1. The van der Waals surface area contributed by atoms with Crippen molar-refractivity contribution in [2.24, 2.45) is 0 Å². The van der Waals surface area contributed by atoms with Gasteiger partial charge in [0.05, 0.1) is 23.3 Å². The van der Waals surface area contributed by atoms with E-state index in [1.165, 1.54) is 6.33 Å². The van der Waals surface area contributed by atoms with Crippen LogP contribution >= 0.6 is 11.3 Å². The van der Waals surface area contributed by atoms with Crippen LogP contribution in [-0.2, 0) is 6.54 Å². The van der Waals surface area contributed by atoms with E-state index >= 15 is 0 Å². The van der Waals surface area contributed by atoms with Crippen LogP contribution in [0, 0.1) is 0 Å². The third kappa shape index (κ3) is 2.10. The van der Waals surface area contributed by atoms with Gasteiger partial charge in [0.2, 0.25) is 0 Å². The monoisotopic (exact) mass is 257 g/mol. The van der Waals surface area contributed by atoms with Gasteiger partial charge in [-0.2, -0.15) is 0 Å². The van der Waals surface area contributed by atoms with Crippen LogP contribution in [0.1, 0.15) is 5.69 Å². The van der Waals surface area contributed by atoms with Crippen LogP contribution in [-0.4, -0.2) is 15.0 Å². The smallest absolute Gasteiger partial charge is 0.137 e. The quantitative estimate of drug-likeness (QED) is 0.704. The van der Waals surface area contributed by atoms with E-state index in [9.17, 15) is 0 Å². The molecule has 0 amide bonds. The molecule has 2 aromatic heterocycles. The molecule has 0 spiro atoms. The lowest BCUT2D eigenvalue weighted by molar-refractivity contribution is 1.05. The Morgan fingerprint density at radius 1 is 1.22 bits per heavy atom. The maximum Gasteiger partial charge on any atom is 0.137 e. The molecule has 3 rings (SSSR count). The lowest BCUT2D eigenvalue weighted by Gasteiger charge is -2.07. The first-order valence-corrected chi connectivity index (χ1v) is 6.38. The highest BCUT2D eigenvalue weighted by atomic mass is 32.1. The highest BCUT2D eigenvalue weighted by Gasteiger charge is 2.04. The number of fused-ring (bicyclic) bond motifs is 1. The minimum atomic E-state index is 0.653. The first-order chi connectivity index (χ1) is 8.83. The van der Waals surface area contributed by atoms with E-state index < -0.39 is 0 Å². The summed E-state index contributed by atoms with van der Waals surface area (Å²) in [5.41, 5.74) is 10.1. The number of nitrogen functional groups attached to an aromatic ring is 1. The van der Waals surface area contributed by atoms with E-state index in [-0.39, 0.29) is 0 Å². The van der Waals surface area contributed by atoms with Gasteiger partial charge in [-0.05, 0) is 18.2 Å². The van der Waals surface area contributed by atoms with Crippen LogP contribution in [0.25, 0.3) is 10.9 Å². The van der Waals surface area contributed by atoms with Gasteiger partial charge in [0.1, 0.15) is 12.1 Å². The van der Waals surface area contributed by atoms with Crippen LogP contribution in [0.2, 0.25) is 0 Å². The summed E-state index contributed by atoms with van der Waals surface area (Å²) in [5.74, 6) is 0.799. The minimum absolute atomic E-state index is 0.653. The molecular weight excluding hydrogens is 246 g/mol. The lowest BCUT2D eigenvalue weighted by atomic mass is 10.2. The Morgan fingerprint density at radius 3 is 3.00 bits per heavy atom. The summed E-state index contributed by atoms with van der Waals surface area (Å²) in [6.07, 6.45) is 1.53. The lowest BCUT2D eigenvalue weighted by Crippen LogP contribution is -2.02. The van der Waals surface area contributed by atoms with Gasteiger partial charge in [0, 0.05) is 16.5 Å². The number of nitrogens with zero attached hydrogens (tertiary/aromatic N) is 3.